The lowest BCUT2D eigenvalue weighted by molar-refractivity contribution is -0.121. The highest BCUT2D eigenvalue weighted by Crippen LogP contribution is 2.30. The van der Waals surface area contributed by atoms with Crippen molar-refractivity contribution < 1.29 is 9.59 Å². The lowest BCUT2D eigenvalue weighted by Gasteiger charge is -2.27. The summed E-state index contributed by atoms with van der Waals surface area (Å²) in [6, 6.07) is 0. The van der Waals surface area contributed by atoms with E-state index in [1.54, 1.807) is 6.08 Å². The fraction of sp³-hybridized carbons (Fsp3) is 0.500. The molecular formula is C18H24N2O2. The largest absolute Gasteiger partial charge is 0.325 e. The van der Waals surface area contributed by atoms with Gasteiger partial charge in [-0.2, -0.15) is 0 Å². The second-order valence-corrected chi connectivity index (χ2v) is 5.78. The Hall–Kier alpha value is -1.97. The van der Waals surface area contributed by atoms with Crippen molar-refractivity contribution in [3.63, 3.8) is 0 Å². The summed E-state index contributed by atoms with van der Waals surface area (Å²) in [5.41, 5.74) is 2.58. The van der Waals surface area contributed by atoms with E-state index in [4.69, 9.17) is 0 Å². The molecule has 0 aromatic carbocycles. The van der Waals surface area contributed by atoms with Crippen LogP contribution in [0.3, 0.4) is 0 Å². The minimum absolute atomic E-state index is 0.0199. The van der Waals surface area contributed by atoms with E-state index in [1.807, 2.05) is 32.1 Å². The number of fused-ring (bicyclic) bond motifs is 1. The number of carbonyl (C=O) groups is 2. The van der Waals surface area contributed by atoms with E-state index in [1.165, 1.54) is 0 Å². The molecule has 0 aromatic heterocycles. The molecule has 1 atom stereocenters. The zero-order valence-electron chi connectivity index (χ0n) is 13.6. The Balaban J connectivity index is 2.22. The van der Waals surface area contributed by atoms with Gasteiger partial charge in [0.25, 0.3) is 0 Å². The molecule has 1 heterocycles. The lowest BCUT2D eigenvalue weighted by atomic mass is 9.85. The Morgan fingerprint density at radius 3 is 2.64 bits per heavy atom. The molecule has 0 aromatic rings. The predicted molar refractivity (Wildman–Crippen MR) is 88.4 cm³/mol. The van der Waals surface area contributed by atoms with Crippen LogP contribution in [0.5, 0.6) is 0 Å². The summed E-state index contributed by atoms with van der Waals surface area (Å²) >= 11 is 0. The van der Waals surface area contributed by atoms with E-state index in [0.29, 0.717) is 5.71 Å². The minimum Gasteiger partial charge on any atom is -0.325 e. The van der Waals surface area contributed by atoms with Crippen molar-refractivity contribution in [2.75, 3.05) is 0 Å². The molecule has 0 saturated heterocycles. The number of hydrogen-bond donors (Lipinski definition) is 1. The molecule has 0 bridgehead atoms. The summed E-state index contributed by atoms with van der Waals surface area (Å²) < 4.78 is 0. The zero-order chi connectivity index (χ0) is 16.1. The van der Waals surface area contributed by atoms with Gasteiger partial charge in [-0.15, -0.1) is 0 Å². The third kappa shape index (κ3) is 3.62. The molecule has 0 radical (unpaired) electrons. The highest BCUT2D eigenvalue weighted by Gasteiger charge is 2.26. The Morgan fingerprint density at radius 1 is 1.27 bits per heavy atom. The van der Waals surface area contributed by atoms with Crippen LogP contribution in [0.15, 0.2) is 40.6 Å². The third-order valence-corrected chi connectivity index (χ3v) is 4.19. The highest BCUT2D eigenvalue weighted by molar-refractivity contribution is 6.11. The summed E-state index contributed by atoms with van der Waals surface area (Å²) in [6.07, 6.45) is 10.9. The van der Waals surface area contributed by atoms with Crippen LogP contribution in [0.4, 0.5) is 0 Å². The first-order valence-corrected chi connectivity index (χ1v) is 8.12. The van der Waals surface area contributed by atoms with Gasteiger partial charge in [0.2, 0.25) is 11.8 Å². The van der Waals surface area contributed by atoms with Gasteiger partial charge >= 0.3 is 0 Å². The number of aliphatic imine (C=N–C) groups is 1. The molecule has 1 aliphatic carbocycles. The Kier molecular flexibility index (Phi) is 5.47. The molecule has 1 N–H and O–H groups in total. The average molecular weight is 300 g/mol. The molecule has 4 heteroatoms. The number of carbonyl (C=O) groups excluding carboxylic acids is 2. The van der Waals surface area contributed by atoms with E-state index in [2.05, 4.69) is 17.2 Å². The summed E-state index contributed by atoms with van der Waals surface area (Å²) in [4.78, 5) is 28.1. The van der Waals surface area contributed by atoms with Crippen molar-refractivity contribution in [1.82, 2.24) is 5.32 Å². The molecule has 0 spiro atoms. The van der Waals surface area contributed by atoms with Crippen LogP contribution in [0.1, 0.15) is 46.5 Å². The summed E-state index contributed by atoms with van der Waals surface area (Å²) in [7, 11) is 0. The predicted octanol–water partition coefficient (Wildman–Crippen LogP) is 3.32. The fourth-order valence-corrected chi connectivity index (χ4v) is 2.91. The molecule has 2 amide bonds. The van der Waals surface area contributed by atoms with E-state index >= 15 is 0 Å². The highest BCUT2D eigenvalue weighted by atomic mass is 16.2. The van der Waals surface area contributed by atoms with Crippen LogP contribution < -0.4 is 5.32 Å². The van der Waals surface area contributed by atoms with Crippen LogP contribution in [-0.4, -0.2) is 17.5 Å². The molecule has 118 valence electrons. The topological polar surface area (TPSA) is 58.5 Å². The maximum absolute atomic E-state index is 12.1. The van der Waals surface area contributed by atoms with E-state index < -0.39 is 0 Å². The Morgan fingerprint density at radius 2 is 2.00 bits per heavy atom. The molecule has 0 saturated carbocycles. The standard InChI is InChI=1S/C18H24N2O2/c1-4-7-13-10-17(21)20-16-11-14(8-9-15(13)16)19-18(22)12(5-2)6-3/h8-12,15H,4-7H2,1-3H3,(H,20,21). The quantitative estimate of drug-likeness (QED) is 0.846. The van der Waals surface area contributed by atoms with Gasteiger partial charge in [0, 0.05) is 23.6 Å². The SMILES string of the molecule is CCCC1=CC(=O)NC2=CC(=NC(=O)C(CC)CC)C=CC12. The molecule has 4 nitrogen and oxygen atoms in total. The zero-order valence-corrected chi connectivity index (χ0v) is 13.6. The van der Waals surface area contributed by atoms with Crippen molar-refractivity contribution in [1.29, 1.82) is 0 Å². The molecule has 2 rings (SSSR count). The average Bonchev–Trinajstić information content (AvgIpc) is 2.48. The second kappa shape index (κ2) is 7.34. The van der Waals surface area contributed by atoms with E-state index in [-0.39, 0.29) is 23.7 Å². The van der Waals surface area contributed by atoms with Crippen LogP contribution >= 0.6 is 0 Å². The van der Waals surface area contributed by atoms with Crippen molar-refractivity contribution in [3.8, 4) is 0 Å². The number of nitrogens with zero attached hydrogens (tertiary/aromatic N) is 1. The monoisotopic (exact) mass is 300 g/mol. The van der Waals surface area contributed by atoms with Gasteiger partial charge in [0.05, 0.1) is 5.71 Å². The number of amides is 2. The van der Waals surface area contributed by atoms with Crippen LogP contribution in [-0.2, 0) is 9.59 Å². The van der Waals surface area contributed by atoms with Gasteiger partial charge in [-0.3, -0.25) is 9.59 Å². The first-order chi connectivity index (χ1) is 10.6. The van der Waals surface area contributed by atoms with Crippen molar-refractivity contribution in [2.24, 2.45) is 16.8 Å². The Labute approximate surface area is 132 Å². The van der Waals surface area contributed by atoms with Crippen LogP contribution in [0, 0.1) is 11.8 Å². The smallest absolute Gasteiger partial charge is 0.249 e. The van der Waals surface area contributed by atoms with E-state index in [0.717, 1.165) is 37.0 Å². The molecule has 1 aliphatic heterocycles. The van der Waals surface area contributed by atoms with Gasteiger partial charge in [-0.25, -0.2) is 4.99 Å². The summed E-state index contributed by atoms with van der Waals surface area (Å²) in [5, 5.41) is 2.87. The molecule has 1 unspecified atom stereocenters. The van der Waals surface area contributed by atoms with Crippen molar-refractivity contribution >= 4 is 17.5 Å². The summed E-state index contributed by atoms with van der Waals surface area (Å²) in [5.74, 6) is -0.0771. The fourth-order valence-electron chi connectivity index (χ4n) is 2.91. The lowest BCUT2D eigenvalue weighted by Crippen LogP contribution is -2.33. The third-order valence-electron chi connectivity index (χ3n) is 4.19. The van der Waals surface area contributed by atoms with Crippen molar-refractivity contribution in [3.05, 3.63) is 35.6 Å². The van der Waals surface area contributed by atoms with E-state index in [9.17, 15) is 9.59 Å². The van der Waals surface area contributed by atoms with Gasteiger partial charge < -0.3 is 5.32 Å². The normalized spacial score (nSPS) is 22.3. The molecule has 2 aliphatic rings. The van der Waals surface area contributed by atoms with Gasteiger partial charge in [-0.05, 0) is 31.4 Å². The molecular weight excluding hydrogens is 276 g/mol. The Bertz CT molecular complexity index is 578. The van der Waals surface area contributed by atoms with Crippen LogP contribution in [0.25, 0.3) is 0 Å². The van der Waals surface area contributed by atoms with Crippen LogP contribution in [0.2, 0.25) is 0 Å². The maximum atomic E-state index is 12.1. The molecule has 22 heavy (non-hydrogen) atoms. The summed E-state index contributed by atoms with van der Waals surface area (Å²) in [6.45, 7) is 6.10. The first kappa shape index (κ1) is 16.4. The van der Waals surface area contributed by atoms with Gasteiger partial charge in [-0.1, -0.05) is 38.8 Å². The molecule has 0 fully saturated rings. The number of hydrogen-bond acceptors (Lipinski definition) is 2. The number of nitrogens with one attached hydrogen (secondary N) is 1. The van der Waals surface area contributed by atoms with Gasteiger partial charge in [0.1, 0.15) is 0 Å². The maximum Gasteiger partial charge on any atom is 0.249 e. The second-order valence-electron chi connectivity index (χ2n) is 5.78. The van der Waals surface area contributed by atoms with Gasteiger partial charge in [0.15, 0.2) is 0 Å². The minimum atomic E-state index is -0.0908. The van der Waals surface area contributed by atoms with Crippen molar-refractivity contribution in [2.45, 2.75) is 46.5 Å². The first-order valence-electron chi connectivity index (χ1n) is 8.12. The number of rotatable bonds is 5. The number of allylic oxidation sites excluding steroid dienone is 3.